The van der Waals surface area contributed by atoms with Crippen molar-refractivity contribution in [2.24, 2.45) is 5.84 Å². The summed E-state index contributed by atoms with van der Waals surface area (Å²) >= 11 is 0. The Morgan fingerprint density at radius 1 is 1.00 bits per heavy atom. The largest absolute Gasteiger partial charge is 0.299 e. The molecule has 0 bridgehead atoms. The molecule has 3 N–H and O–H groups in total. The van der Waals surface area contributed by atoms with Crippen molar-refractivity contribution in [1.82, 2.24) is 10.3 Å². The first-order chi connectivity index (χ1) is 7.88. The summed E-state index contributed by atoms with van der Waals surface area (Å²) in [5.74, 6) is 5.29. The van der Waals surface area contributed by atoms with Crippen LogP contribution in [0.1, 0.15) is 30.4 Å². The Morgan fingerprint density at radius 2 is 1.62 bits per heavy atom. The van der Waals surface area contributed by atoms with Crippen LogP contribution in [0.5, 0.6) is 0 Å². The normalized spacial score (nSPS) is 17.6. The van der Waals surface area contributed by atoms with Crippen LogP contribution in [0.15, 0.2) is 24.3 Å². The summed E-state index contributed by atoms with van der Waals surface area (Å²) in [6.45, 7) is 4.35. The lowest BCUT2D eigenvalue weighted by molar-refractivity contribution is 0.221. The van der Waals surface area contributed by atoms with Crippen LogP contribution in [0.4, 0.5) is 0 Å². The lowest BCUT2D eigenvalue weighted by atomic mass is 10.1. The van der Waals surface area contributed by atoms with Gasteiger partial charge in [-0.05, 0) is 37.1 Å². The zero-order chi connectivity index (χ0) is 11.2. The number of nitrogens with two attached hydrogens (primary N) is 1. The highest BCUT2D eigenvalue weighted by molar-refractivity contribution is 5.22. The summed E-state index contributed by atoms with van der Waals surface area (Å²) in [5.41, 5.74) is 5.32. The van der Waals surface area contributed by atoms with Crippen molar-refractivity contribution in [2.45, 2.75) is 32.4 Å². The van der Waals surface area contributed by atoms with Crippen LogP contribution in [-0.2, 0) is 13.1 Å². The maximum atomic E-state index is 5.29. The number of nitrogens with zero attached hydrogens (tertiary/aromatic N) is 1. The summed E-state index contributed by atoms with van der Waals surface area (Å²) in [5, 5.41) is 0. The first-order valence-corrected chi connectivity index (χ1v) is 6.12. The quantitative estimate of drug-likeness (QED) is 0.597. The van der Waals surface area contributed by atoms with E-state index in [0.717, 1.165) is 13.1 Å². The Bertz CT molecular complexity index is 301. The Kier molecular flexibility index (Phi) is 4.34. The molecule has 0 atom stereocenters. The van der Waals surface area contributed by atoms with Crippen molar-refractivity contribution in [2.75, 3.05) is 13.1 Å². The molecule has 0 saturated carbocycles. The van der Waals surface area contributed by atoms with E-state index in [-0.39, 0.29) is 0 Å². The van der Waals surface area contributed by atoms with Crippen LogP contribution >= 0.6 is 0 Å². The number of hydrazine groups is 1. The zero-order valence-electron chi connectivity index (χ0n) is 9.78. The maximum Gasteiger partial charge on any atom is 0.0348 e. The standard InChI is InChI=1S/C13H21N3/c14-15-10-12-4-6-13(7-5-12)11-16-8-2-1-3-9-16/h4-7,15H,1-3,8-11,14H2. The molecule has 0 radical (unpaired) electrons. The van der Waals surface area contributed by atoms with E-state index in [9.17, 15) is 0 Å². The SMILES string of the molecule is NNCc1ccc(CN2CCCCC2)cc1. The fourth-order valence-corrected chi connectivity index (χ4v) is 2.26. The molecule has 1 aromatic rings. The topological polar surface area (TPSA) is 41.3 Å². The molecule has 3 nitrogen and oxygen atoms in total. The van der Waals surface area contributed by atoms with Crippen molar-refractivity contribution < 1.29 is 0 Å². The van der Waals surface area contributed by atoms with Gasteiger partial charge in [-0.1, -0.05) is 30.7 Å². The van der Waals surface area contributed by atoms with Crippen LogP contribution in [0.3, 0.4) is 0 Å². The highest BCUT2D eigenvalue weighted by Gasteiger charge is 2.09. The molecule has 1 fully saturated rings. The summed E-state index contributed by atoms with van der Waals surface area (Å²) in [7, 11) is 0. The third-order valence-corrected chi connectivity index (χ3v) is 3.18. The van der Waals surface area contributed by atoms with Gasteiger partial charge in [-0.2, -0.15) is 0 Å². The third kappa shape index (κ3) is 3.30. The molecule has 16 heavy (non-hydrogen) atoms. The van der Waals surface area contributed by atoms with Gasteiger partial charge >= 0.3 is 0 Å². The van der Waals surface area contributed by atoms with Crippen LogP contribution in [0.25, 0.3) is 0 Å². The van der Waals surface area contributed by atoms with Gasteiger partial charge in [0.15, 0.2) is 0 Å². The third-order valence-electron chi connectivity index (χ3n) is 3.18. The molecule has 3 heteroatoms. The second-order valence-electron chi connectivity index (χ2n) is 4.53. The Morgan fingerprint density at radius 3 is 2.25 bits per heavy atom. The van der Waals surface area contributed by atoms with Crippen molar-refractivity contribution >= 4 is 0 Å². The average Bonchev–Trinajstić information content (AvgIpc) is 2.33. The Labute approximate surface area is 97.6 Å². The summed E-state index contributed by atoms with van der Waals surface area (Å²) in [6, 6.07) is 8.72. The molecule has 1 saturated heterocycles. The van der Waals surface area contributed by atoms with Crippen LogP contribution in [0, 0.1) is 0 Å². The van der Waals surface area contributed by atoms with Gasteiger partial charge in [-0.25, -0.2) is 0 Å². The fourth-order valence-electron chi connectivity index (χ4n) is 2.26. The molecule has 0 aliphatic carbocycles. The first-order valence-electron chi connectivity index (χ1n) is 6.12. The number of hydrogen-bond acceptors (Lipinski definition) is 3. The molecule has 1 aromatic carbocycles. The number of likely N-dealkylation sites (tertiary alicyclic amines) is 1. The zero-order valence-corrected chi connectivity index (χ0v) is 9.78. The highest BCUT2D eigenvalue weighted by Crippen LogP contribution is 2.13. The van der Waals surface area contributed by atoms with E-state index >= 15 is 0 Å². The number of hydrogen-bond donors (Lipinski definition) is 2. The predicted molar refractivity (Wildman–Crippen MR) is 66.6 cm³/mol. The second-order valence-corrected chi connectivity index (χ2v) is 4.53. The minimum Gasteiger partial charge on any atom is -0.299 e. The molecule has 88 valence electrons. The van der Waals surface area contributed by atoms with Gasteiger partial charge in [0, 0.05) is 13.1 Å². The maximum absolute atomic E-state index is 5.29. The molecule has 0 amide bonds. The Hall–Kier alpha value is -0.900. The summed E-state index contributed by atoms with van der Waals surface area (Å²) in [6.07, 6.45) is 4.11. The van der Waals surface area contributed by atoms with E-state index in [1.165, 1.54) is 43.5 Å². The van der Waals surface area contributed by atoms with Gasteiger partial charge in [0.1, 0.15) is 0 Å². The van der Waals surface area contributed by atoms with E-state index in [0.29, 0.717) is 0 Å². The summed E-state index contributed by atoms with van der Waals surface area (Å²) < 4.78 is 0. The van der Waals surface area contributed by atoms with Gasteiger partial charge in [0.05, 0.1) is 0 Å². The average molecular weight is 219 g/mol. The van der Waals surface area contributed by atoms with Gasteiger partial charge in [0.2, 0.25) is 0 Å². The van der Waals surface area contributed by atoms with Gasteiger partial charge < -0.3 is 0 Å². The smallest absolute Gasteiger partial charge is 0.0348 e. The van der Waals surface area contributed by atoms with Crippen LogP contribution in [0.2, 0.25) is 0 Å². The number of rotatable bonds is 4. The lowest BCUT2D eigenvalue weighted by Gasteiger charge is -2.26. The minimum atomic E-state index is 0.740. The fraction of sp³-hybridized carbons (Fsp3) is 0.538. The molecule has 0 aromatic heterocycles. The Balaban J connectivity index is 1.88. The molecule has 1 aliphatic heterocycles. The second kappa shape index (κ2) is 5.99. The number of benzene rings is 1. The van der Waals surface area contributed by atoms with Crippen LogP contribution < -0.4 is 11.3 Å². The van der Waals surface area contributed by atoms with E-state index < -0.39 is 0 Å². The lowest BCUT2D eigenvalue weighted by Crippen LogP contribution is -2.29. The molecular formula is C13H21N3. The van der Waals surface area contributed by atoms with Crippen LogP contribution in [-0.4, -0.2) is 18.0 Å². The van der Waals surface area contributed by atoms with Crippen molar-refractivity contribution in [3.63, 3.8) is 0 Å². The molecule has 2 rings (SSSR count). The van der Waals surface area contributed by atoms with Gasteiger partial charge in [-0.15, -0.1) is 0 Å². The van der Waals surface area contributed by atoms with Gasteiger partial charge in [-0.3, -0.25) is 16.2 Å². The van der Waals surface area contributed by atoms with Crippen molar-refractivity contribution in [3.8, 4) is 0 Å². The summed E-state index contributed by atoms with van der Waals surface area (Å²) in [4.78, 5) is 2.54. The predicted octanol–water partition coefficient (Wildman–Crippen LogP) is 1.64. The molecule has 0 unspecified atom stereocenters. The number of piperidine rings is 1. The highest BCUT2D eigenvalue weighted by atomic mass is 15.2. The van der Waals surface area contributed by atoms with Crippen molar-refractivity contribution in [1.29, 1.82) is 0 Å². The number of nitrogens with one attached hydrogen (secondary N) is 1. The van der Waals surface area contributed by atoms with E-state index in [1.54, 1.807) is 0 Å². The van der Waals surface area contributed by atoms with E-state index in [2.05, 4.69) is 34.6 Å². The molecular weight excluding hydrogens is 198 g/mol. The van der Waals surface area contributed by atoms with E-state index in [1.807, 2.05) is 0 Å². The van der Waals surface area contributed by atoms with Gasteiger partial charge in [0.25, 0.3) is 0 Å². The molecule has 1 heterocycles. The minimum absolute atomic E-state index is 0.740. The first kappa shape index (κ1) is 11.6. The van der Waals surface area contributed by atoms with E-state index in [4.69, 9.17) is 5.84 Å². The van der Waals surface area contributed by atoms with Crippen molar-refractivity contribution in [3.05, 3.63) is 35.4 Å². The monoisotopic (exact) mass is 219 g/mol. The molecule has 0 spiro atoms. The molecule has 1 aliphatic rings.